The van der Waals surface area contributed by atoms with Gasteiger partial charge in [0.1, 0.15) is 0 Å². The Bertz CT molecular complexity index is 241. The Morgan fingerprint density at radius 1 is 1.50 bits per heavy atom. The summed E-state index contributed by atoms with van der Waals surface area (Å²) in [6.07, 6.45) is -0.0857. The zero-order chi connectivity index (χ0) is 10.7. The van der Waals surface area contributed by atoms with Crippen LogP contribution in [-0.4, -0.2) is 48.2 Å². The first-order valence-corrected chi connectivity index (χ1v) is 4.54. The lowest BCUT2D eigenvalue weighted by Crippen LogP contribution is -2.27. The molecular weight excluding hydrogens is 186 g/mol. The highest BCUT2D eigenvalue weighted by Gasteiger charge is 2.35. The number of amides is 1. The molecule has 1 N–H and O–H groups in total. The summed E-state index contributed by atoms with van der Waals surface area (Å²) >= 11 is 0. The number of hydrogen-bond donors (Lipinski definition) is 1. The van der Waals surface area contributed by atoms with E-state index in [1.165, 1.54) is 6.92 Å². The molecule has 1 rings (SSSR count). The first kappa shape index (κ1) is 11.0. The summed E-state index contributed by atoms with van der Waals surface area (Å²) < 4.78 is 5.15. The first-order valence-electron chi connectivity index (χ1n) is 4.54. The molecule has 0 aromatic rings. The van der Waals surface area contributed by atoms with E-state index in [-0.39, 0.29) is 24.3 Å². The van der Waals surface area contributed by atoms with Crippen LogP contribution in [0, 0.1) is 5.92 Å². The molecule has 1 saturated heterocycles. The molecule has 0 radical (unpaired) electrons. The Hall–Kier alpha value is -1.10. The van der Waals surface area contributed by atoms with Gasteiger partial charge < -0.3 is 14.7 Å². The predicted molar refractivity (Wildman–Crippen MR) is 48.8 cm³/mol. The normalized spacial score (nSPS) is 26.6. The summed E-state index contributed by atoms with van der Waals surface area (Å²) in [4.78, 5) is 23.2. The van der Waals surface area contributed by atoms with E-state index >= 15 is 0 Å². The molecule has 2 atom stereocenters. The third-order valence-corrected chi connectivity index (χ3v) is 2.57. The highest BCUT2D eigenvalue weighted by Crippen LogP contribution is 2.22. The summed E-state index contributed by atoms with van der Waals surface area (Å²) in [6, 6.07) is 0. The second kappa shape index (κ2) is 4.41. The largest absolute Gasteiger partial charge is 0.481 e. The standard InChI is InChI=1S/C9H15NO4/c1-6(11)10-4-7(3-9(12)13)8(5-10)14-2/h7-8H,3-5H2,1-2H3,(H,12,13)/t7-,8+/m1/s1. The number of ether oxygens (including phenoxy) is 1. The van der Waals surface area contributed by atoms with Gasteiger partial charge in [-0.25, -0.2) is 0 Å². The zero-order valence-electron chi connectivity index (χ0n) is 8.40. The van der Waals surface area contributed by atoms with Crippen LogP contribution in [0.25, 0.3) is 0 Å². The van der Waals surface area contributed by atoms with E-state index in [1.54, 1.807) is 12.0 Å². The maximum Gasteiger partial charge on any atom is 0.303 e. The highest BCUT2D eigenvalue weighted by molar-refractivity contribution is 5.74. The van der Waals surface area contributed by atoms with Crippen LogP contribution >= 0.6 is 0 Å². The molecule has 1 fully saturated rings. The van der Waals surface area contributed by atoms with Gasteiger partial charge in [0.2, 0.25) is 5.91 Å². The van der Waals surface area contributed by atoms with E-state index in [0.29, 0.717) is 13.1 Å². The van der Waals surface area contributed by atoms with E-state index in [2.05, 4.69) is 0 Å². The van der Waals surface area contributed by atoms with Crippen LogP contribution in [0.1, 0.15) is 13.3 Å². The van der Waals surface area contributed by atoms with Gasteiger partial charge in [0.05, 0.1) is 12.5 Å². The van der Waals surface area contributed by atoms with Crippen molar-refractivity contribution in [2.75, 3.05) is 20.2 Å². The summed E-state index contributed by atoms with van der Waals surface area (Å²) in [5, 5.41) is 8.65. The lowest BCUT2D eigenvalue weighted by atomic mass is 10.0. The van der Waals surface area contributed by atoms with Crippen LogP contribution < -0.4 is 0 Å². The summed E-state index contributed by atoms with van der Waals surface area (Å²) in [5.41, 5.74) is 0. The fraction of sp³-hybridized carbons (Fsp3) is 0.778. The van der Waals surface area contributed by atoms with Gasteiger partial charge >= 0.3 is 5.97 Å². The second-order valence-electron chi connectivity index (χ2n) is 3.56. The number of carboxylic acids is 1. The van der Waals surface area contributed by atoms with Gasteiger partial charge in [-0.2, -0.15) is 0 Å². The van der Waals surface area contributed by atoms with Crippen LogP contribution in [-0.2, 0) is 14.3 Å². The molecule has 1 aliphatic rings. The smallest absolute Gasteiger partial charge is 0.303 e. The van der Waals surface area contributed by atoms with Crippen molar-refractivity contribution in [1.82, 2.24) is 4.90 Å². The van der Waals surface area contributed by atoms with Crippen molar-refractivity contribution >= 4 is 11.9 Å². The first-order chi connectivity index (χ1) is 6.54. The topological polar surface area (TPSA) is 66.8 Å². The Kier molecular flexibility index (Phi) is 3.46. The number of rotatable bonds is 3. The fourth-order valence-electron chi connectivity index (χ4n) is 1.79. The Morgan fingerprint density at radius 3 is 2.57 bits per heavy atom. The maximum absolute atomic E-state index is 11.1. The summed E-state index contributed by atoms with van der Waals surface area (Å²) in [5.74, 6) is -0.955. The zero-order valence-corrected chi connectivity index (χ0v) is 8.40. The van der Waals surface area contributed by atoms with Gasteiger partial charge in [0, 0.05) is 33.0 Å². The number of carboxylic acid groups (broad SMARTS) is 1. The van der Waals surface area contributed by atoms with E-state index in [1.807, 2.05) is 0 Å². The molecule has 0 bridgehead atoms. The van der Waals surface area contributed by atoms with Crippen molar-refractivity contribution in [3.05, 3.63) is 0 Å². The monoisotopic (exact) mass is 201 g/mol. The molecule has 5 nitrogen and oxygen atoms in total. The quantitative estimate of drug-likeness (QED) is 0.695. The molecule has 1 heterocycles. The van der Waals surface area contributed by atoms with Gasteiger partial charge in [-0.05, 0) is 0 Å². The molecule has 0 spiro atoms. The van der Waals surface area contributed by atoms with Gasteiger partial charge in [-0.3, -0.25) is 9.59 Å². The van der Waals surface area contributed by atoms with E-state index in [0.717, 1.165) is 0 Å². The summed E-state index contributed by atoms with van der Waals surface area (Å²) in [7, 11) is 1.54. The number of carbonyl (C=O) groups excluding carboxylic acids is 1. The van der Waals surface area contributed by atoms with Crippen molar-refractivity contribution in [3.8, 4) is 0 Å². The molecule has 14 heavy (non-hydrogen) atoms. The fourth-order valence-corrected chi connectivity index (χ4v) is 1.79. The van der Waals surface area contributed by atoms with Crippen LogP contribution in [0.15, 0.2) is 0 Å². The lowest BCUT2D eigenvalue weighted by molar-refractivity contribution is -0.139. The molecule has 0 saturated carbocycles. The number of aliphatic carboxylic acids is 1. The van der Waals surface area contributed by atoms with E-state index in [4.69, 9.17) is 9.84 Å². The Morgan fingerprint density at radius 2 is 2.14 bits per heavy atom. The van der Waals surface area contributed by atoms with Crippen LogP contribution in [0.4, 0.5) is 0 Å². The Labute approximate surface area is 82.6 Å². The molecule has 5 heteroatoms. The highest BCUT2D eigenvalue weighted by atomic mass is 16.5. The van der Waals surface area contributed by atoms with Gasteiger partial charge in [0.15, 0.2) is 0 Å². The third-order valence-electron chi connectivity index (χ3n) is 2.57. The number of likely N-dealkylation sites (tertiary alicyclic amines) is 1. The minimum atomic E-state index is -0.845. The van der Waals surface area contributed by atoms with E-state index < -0.39 is 5.97 Å². The molecular formula is C9H15NO4. The van der Waals surface area contributed by atoms with E-state index in [9.17, 15) is 9.59 Å². The van der Waals surface area contributed by atoms with Crippen molar-refractivity contribution in [2.45, 2.75) is 19.4 Å². The van der Waals surface area contributed by atoms with Crippen molar-refractivity contribution in [3.63, 3.8) is 0 Å². The average Bonchev–Trinajstić information content (AvgIpc) is 2.46. The predicted octanol–water partition coefficient (Wildman–Crippen LogP) is -0.0456. The van der Waals surface area contributed by atoms with Gasteiger partial charge in [-0.1, -0.05) is 0 Å². The number of nitrogens with zero attached hydrogens (tertiary/aromatic N) is 1. The molecule has 1 aliphatic heterocycles. The van der Waals surface area contributed by atoms with Gasteiger partial charge in [-0.15, -0.1) is 0 Å². The number of carbonyl (C=O) groups is 2. The molecule has 0 aromatic carbocycles. The molecule has 0 unspecified atom stereocenters. The molecule has 0 aliphatic carbocycles. The Balaban J connectivity index is 2.57. The van der Waals surface area contributed by atoms with Crippen LogP contribution in [0.5, 0.6) is 0 Å². The molecule has 80 valence electrons. The lowest BCUT2D eigenvalue weighted by Gasteiger charge is -2.13. The third kappa shape index (κ3) is 2.45. The summed E-state index contributed by atoms with van der Waals surface area (Å²) in [6.45, 7) is 2.47. The number of methoxy groups -OCH3 is 1. The van der Waals surface area contributed by atoms with Crippen molar-refractivity contribution in [1.29, 1.82) is 0 Å². The molecule has 1 amide bonds. The maximum atomic E-state index is 11.1. The van der Waals surface area contributed by atoms with Crippen LogP contribution in [0.2, 0.25) is 0 Å². The minimum absolute atomic E-state index is 0.0278. The molecule has 0 aromatic heterocycles. The van der Waals surface area contributed by atoms with Crippen molar-refractivity contribution < 1.29 is 19.4 Å². The van der Waals surface area contributed by atoms with Gasteiger partial charge in [0.25, 0.3) is 0 Å². The SMILES string of the molecule is CO[C@H]1CN(C(C)=O)C[C@H]1CC(=O)O. The number of hydrogen-bond acceptors (Lipinski definition) is 3. The second-order valence-corrected chi connectivity index (χ2v) is 3.56. The minimum Gasteiger partial charge on any atom is -0.481 e. The average molecular weight is 201 g/mol. The van der Waals surface area contributed by atoms with Crippen molar-refractivity contribution in [2.24, 2.45) is 5.92 Å². The van der Waals surface area contributed by atoms with Crippen LogP contribution in [0.3, 0.4) is 0 Å².